The molecule has 0 unspecified atom stereocenters. The van der Waals surface area contributed by atoms with Gasteiger partial charge in [0.1, 0.15) is 0 Å². The van der Waals surface area contributed by atoms with Gasteiger partial charge in [-0.25, -0.2) is 4.98 Å². The molecule has 0 fully saturated rings. The van der Waals surface area contributed by atoms with Crippen LogP contribution in [0.15, 0.2) is 34.9 Å². The van der Waals surface area contributed by atoms with Crippen molar-refractivity contribution in [3.63, 3.8) is 0 Å². The van der Waals surface area contributed by atoms with Crippen LogP contribution in [0.1, 0.15) is 15.9 Å². The van der Waals surface area contributed by atoms with E-state index in [-0.39, 0.29) is 16.4 Å². The summed E-state index contributed by atoms with van der Waals surface area (Å²) in [6.45, 7) is 1.52. The van der Waals surface area contributed by atoms with Crippen LogP contribution in [0.2, 0.25) is 5.15 Å². The summed E-state index contributed by atoms with van der Waals surface area (Å²) in [6, 6.07) is 5.91. The number of anilines is 1. The van der Waals surface area contributed by atoms with E-state index in [1.54, 1.807) is 6.07 Å². The van der Waals surface area contributed by atoms with Crippen molar-refractivity contribution in [3.05, 3.63) is 61.3 Å². The Morgan fingerprint density at radius 2 is 2.19 bits per heavy atom. The van der Waals surface area contributed by atoms with Gasteiger partial charge < -0.3 is 5.32 Å². The number of aromatic nitrogens is 1. The topological polar surface area (TPSA) is 85.1 Å². The maximum absolute atomic E-state index is 12.2. The minimum absolute atomic E-state index is 0.110. The summed E-state index contributed by atoms with van der Waals surface area (Å²) in [5.74, 6) is -0.488. The van der Waals surface area contributed by atoms with Gasteiger partial charge in [0.15, 0.2) is 5.15 Å². The molecule has 0 aliphatic rings. The summed E-state index contributed by atoms with van der Waals surface area (Å²) in [4.78, 5) is 26.5. The maximum Gasteiger partial charge on any atom is 0.273 e. The van der Waals surface area contributed by atoms with Crippen LogP contribution >= 0.6 is 27.5 Å². The third kappa shape index (κ3) is 3.37. The molecule has 0 aliphatic heterocycles. The third-order valence-corrected chi connectivity index (χ3v) is 3.54. The molecule has 0 atom stereocenters. The first-order chi connectivity index (χ1) is 9.90. The predicted octanol–water partition coefficient (Wildman–Crippen LogP) is 3.97. The molecule has 0 radical (unpaired) electrons. The monoisotopic (exact) mass is 369 g/mol. The largest absolute Gasteiger partial charge is 0.319 e. The van der Waals surface area contributed by atoms with E-state index < -0.39 is 10.8 Å². The molecule has 0 bridgehead atoms. The zero-order valence-electron chi connectivity index (χ0n) is 10.8. The van der Waals surface area contributed by atoms with E-state index in [0.717, 1.165) is 0 Å². The van der Waals surface area contributed by atoms with Gasteiger partial charge in [0, 0.05) is 27.9 Å². The van der Waals surface area contributed by atoms with Gasteiger partial charge in [-0.2, -0.15) is 0 Å². The van der Waals surface area contributed by atoms with Gasteiger partial charge in [0.05, 0.1) is 10.6 Å². The van der Waals surface area contributed by atoms with E-state index in [2.05, 4.69) is 26.2 Å². The molecule has 0 saturated carbocycles. The second-order valence-corrected chi connectivity index (χ2v) is 5.43. The van der Waals surface area contributed by atoms with Gasteiger partial charge >= 0.3 is 0 Å². The maximum atomic E-state index is 12.2. The zero-order chi connectivity index (χ0) is 15.6. The van der Waals surface area contributed by atoms with Crippen molar-refractivity contribution >= 4 is 44.8 Å². The van der Waals surface area contributed by atoms with Crippen molar-refractivity contribution in [3.8, 4) is 0 Å². The molecular weight excluding hydrogens is 362 g/mol. The van der Waals surface area contributed by atoms with Crippen molar-refractivity contribution in [1.82, 2.24) is 4.98 Å². The quantitative estimate of drug-likeness (QED) is 0.503. The Balaban J connectivity index is 2.35. The lowest BCUT2D eigenvalue weighted by atomic mass is 10.1. The minimum atomic E-state index is -0.528. The van der Waals surface area contributed by atoms with Gasteiger partial charge in [-0.1, -0.05) is 17.7 Å². The lowest BCUT2D eigenvalue weighted by molar-refractivity contribution is -0.385. The molecule has 0 saturated heterocycles. The number of benzene rings is 1. The Morgan fingerprint density at radius 1 is 1.48 bits per heavy atom. The van der Waals surface area contributed by atoms with Crippen molar-refractivity contribution in [2.45, 2.75) is 6.92 Å². The molecular formula is C13H9BrClN3O3. The zero-order valence-corrected chi connectivity index (χ0v) is 13.1. The Kier molecular flexibility index (Phi) is 4.54. The summed E-state index contributed by atoms with van der Waals surface area (Å²) < 4.78 is 0.651. The molecule has 2 rings (SSSR count). The highest BCUT2D eigenvalue weighted by Crippen LogP contribution is 2.25. The number of hydrogen-bond acceptors (Lipinski definition) is 4. The first-order valence-corrected chi connectivity index (χ1v) is 6.93. The number of halogens is 2. The Morgan fingerprint density at radius 3 is 2.86 bits per heavy atom. The summed E-state index contributed by atoms with van der Waals surface area (Å²) in [5.41, 5.74) is 0.711. The van der Waals surface area contributed by atoms with E-state index in [4.69, 9.17) is 11.6 Å². The Labute approximate surface area is 133 Å². The molecule has 1 aromatic heterocycles. The van der Waals surface area contributed by atoms with Crippen molar-refractivity contribution in [2.75, 3.05) is 5.32 Å². The predicted molar refractivity (Wildman–Crippen MR) is 82.7 cm³/mol. The minimum Gasteiger partial charge on any atom is -0.319 e. The summed E-state index contributed by atoms with van der Waals surface area (Å²) >= 11 is 9.12. The van der Waals surface area contributed by atoms with E-state index >= 15 is 0 Å². The van der Waals surface area contributed by atoms with Crippen LogP contribution in [0.3, 0.4) is 0 Å². The molecule has 1 aromatic carbocycles. The van der Waals surface area contributed by atoms with Crippen LogP contribution in [-0.2, 0) is 0 Å². The number of nitro groups is 1. The number of nitrogens with one attached hydrogen (secondary N) is 1. The van der Waals surface area contributed by atoms with Crippen LogP contribution in [0.25, 0.3) is 0 Å². The van der Waals surface area contributed by atoms with Crippen molar-refractivity contribution < 1.29 is 9.72 Å². The normalized spacial score (nSPS) is 10.2. The van der Waals surface area contributed by atoms with Crippen LogP contribution in [-0.4, -0.2) is 15.8 Å². The highest BCUT2D eigenvalue weighted by atomic mass is 79.9. The Hall–Kier alpha value is -1.99. The second kappa shape index (κ2) is 6.19. The van der Waals surface area contributed by atoms with Crippen LogP contribution in [0, 0.1) is 17.0 Å². The number of carbonyl (C=O) groups excluding carboxylic acids is 1. The van der Waals surface area contributed by atoms with E-state index in [1.807, 2.05) is 0 Å². The summed E-state index contributed by atoms with van der Waals surface area (Å²) in [7, 11) is 0. The van der Waals surface area contributed by atoms with Crippen molar-refractivity contribution in [2.24, 2.45) is 0 Å². The van der Waals surface area contributed by atoms with Crippen LogP contribution < -0.4 is 5.32 Å². The van der Waals surface area contributed by atoms with Gasteiger partial charge in [0.25, 0.3) is 11.6 Å². The molecule has 1 amide bonds. The molecule has 0 aliphatic carbocycles. The molecule has 1 N–H and O–H groups in total. The number of rotatable bonds is 3. The number of nitrogens with zero attached hydrogens (tertiary/aromatic N) is 2. The molecule has 21 heavy (non-hydrogen) atoms. The lowest BCUT2D eigenvalue weighted by Gasteiger charge is -2.09. The average molecular weight is 371 g/mol. The van der Waals surface area contributed by atoms with E-state index in [9.17, 15) is 14.9 Å². The number of pyridine rings is 1. The SMILES string of the molecule is Cc1c(C(=O)Nc2cc(Br)cnc2Cl)cccc1[N+](=O)[O-]. The number of nitro benzene ring substituents is 1. The fraction of sp³-hybridized carbons (Fsp3) is 0.0769. The van der Waals surface area contributed by atoms with Gasteiger partial charge in [-0.15, -0.1) is 0 Å². The first-order valence-electron chi connectivity index (χ1n) is 5.76. The Bertz CT molecular complexity index is 737. The average Bonchev–Trinajstić information content (AvgIpc) is 2.42. The fourth-order valence-electron chi connectivity index (χ4n) is 1.77. The molecule has 6 nitrogen and oxygen atoms in total. The van der Waals surface area contributed by atoms with Gasteiger partial charge in [-0.05, 0) is 35.0 Å². The molecule has 1 heterocycles. The smallest absolute Gasteiger partial charge is 0.273 e. The highest BCUT2D eigenvalue weighted by Gasteiger charge is 2.18. The molecule has 108 valence electrons. The summed E-state index contributed by atoms with van der Waals surface area (Å²) in [6.07, 6.45) is 1.50. The van der Waals surface area contributed by atoms with E-state index in [0.29, 0.717) is 15.7 Å². The number of amides is 1. The van der Waals surface area contributed by atoms with Crippen LogP contribution in [0.5, 0.6) is 0 Å². The first kappa shape index (κ1) is 15.4. The van der Waals surface area contributed by atoms with Crippen molar-refractivity contribution in [1.29, 1.82) is 0 Å². The van der Waals surface area contributed by atoms with Gasteiger partial charge in [0.2, 0.25) is 0 Å². The third-order valence-electron chi connectivity index (χ3n) is 2.80. The fourth-order valence-corrected chi connectivity index (χ4v) is 2.25. The summed E-state index contributed by atoms with van der Waals surface area (Å²) in [5, 5.41) is 13.6. The van der Waals surface area contributed by atoms with E-state index in [1.165, 1.54) is 31.3 Å². The number of hydrogen-bond donors (Lipinski definition) is 1. The lowest BCUT2D eigenvalue weighted by Crippen LogP contribution is -2.14. The molecule has 2 aromatic rings. The molecule has 8 heteroatoms. The number of carbonyl (C=O) groups is 1. The highest BCUT2D eigenvalue weighted by molar-refractivity contribution is 9.10. The second-order valence-electron chi connectivity index (χ2n) is 4.15. The molecule has 0 spiro atoms. The van der Waals surface area contributed by atoms with Crippen LogP contribution in [0.4, 0.5) is 11.4 Å². The standard InChI is InChI=1S/C13H9BrClN3O3/c1-7-9(3-2-4-11(7)18(20)21)13(19)17-10-5-8(14)6-16-12(10)15/h2-6H,1H3,(H,17,19). The van der Waals surface area contributed by atoms with Gasteiger partial charge in [-0.3, -0.25) is 14.9 Å².